The van der Waals surface area contributed by atoms with Crippen LogP contribution >= 0.6 is 0 Å². The summed E-state index contributed by atoms with van der Waals surface area (Å²) in [4.78, 5) is 26.7. The lowest BCUT2D eigenvalue weighted by molar-refractivity contribution is -0.137. The van der Waals surface area contributed by atoms with Crippen LogP contribution in [0.3, 0.4) is 0 Å². The van der Waals surface area contributed by atoms with E-state index in [4.69, 9.17) is 16.6 Å². The van der Waals surface area contributed by atoms with E-state index in [1.165, 1.54) is 0 Å². The second-order valence-electron chi connectivity index (χ2n) is 5.52. The lowest BCUT2D eigenvalue weighted by Gasteiger charge is -2.07. The van der Waals surface area contributed by atoms with E-state index in [0.29, 0.717) is 17.8 Å². The van der Waals surface area contributed by atoms with Gasteiger partial charge in [0.2, 0.25) is 5.91 Å². The van der Waals surface area contributed by atoms with Gasteiger partial charge in [-0.15, -0.1) is 0 Å². The van der Waals surface area contributed by atoms with Crippen LogP contribution in [-0.2, 0) is 22.4 Å². The maximum atomic E-state index is 12.1. The zero-order valence-corrected chi connectivity index (χ0v) is 13.6. The third-order valence-corrected chi connectivity index (χ3v) is 3.40. The number of benzene rings is 2. The van der Waals surface area contributed by atoms with Crippen molar-refractivity contribution in [3.63, 3.8) is 0 Å². The molecule has 7 heteroatoms. The first-order chi connectivity index (χ1) is 11.9. The van der Waals surface area contributed by atoms with Gasteiger partial charge in [-0.05, 0) is 41.8 Å². The number of carbonyl (C=O) groups is 2. The molecular weight excluding hydrogens is 320 g/mol. The number of amides is 1. The highest BCUT2D eigenvalue weighted by atomic mass is 16.4. The third-order valence-electron chi connectivity index (χ3n) is 3.40. The second-order valence-corrected chi connectivity index (χ2v) is 5.52. The van der Waals surface area contributed by atoms with Crippen molar-refractivity contribution >= 4 is 29.2 Å². The van der Waals surface area contributed by atoms with Gasteiger partial charge in [-0.25, -0.2) is 4.99 Å². The van der Waals surface area contributed by atoms with E-state index in [1.54, 1.807) is 42.5 Å². The van der Waals surface area contributed by atoms with Crippen LogP contribution in [0.2, 0.25) is 0 Å². The van der Waals surface area contributed by atoms with Crippen molar-refractivity contribution in [3.8, 4) is 0 Å². The number of aliphatic imine (C=N–C) groups is 1. The van der Waals surface area contributed by atoms with Crippen LogP contribution in [0.1, 0.15) is 17.5 Å². The Morgan fingerprint density at radius 1 is 1.04 bits per heavy atom. The summed E-state index contributed by atoms with van der Waals surface area (Å²) in [7, 11) is 0. The molecule has 0 aliphatic rings. The zero-order chi connectivity index (χ0) is 18.2. The molecular formula is C18H20N4O3. The Labute approximate surface area is 145 Å². The highest BCUT2D eigenvalue weighted by Gasteiger charge is 2.06. The molecule has 0 atom stereocenters. The van der Waals surface area contributed by atoms with E-state index in [1.807, 2.05) is 6.07 Å². The fourth-order valence-corrected chi connectivity index (χ4v) is 2.28. The zero-order valence-electron chi connectivity index (χ0n) is 13.6. The third kappa shape index (κ3) is 6.34. The second kappa shape index (κ2) is 8.49. The predicted octanol–water partition coefficient (Wildman–Crippen LogP) is 1.79. The van der Waals surface area contributed by atoms with Crippen LogP contribution in [0.15, 0.2) is 53.5 Å². The topological polar surface area (TPSA) is 131 Å². The molecule has 0 unspecified atom stereocenters. The number of nitrogens with zero attached hydrogens (tertiary/aromatic N) is 1. The molecule has 0 aliphatic heterocycles. The molecule has 0 fully saturated rings. The monoisotopic (exact) mass is 340 g/mol. The Bertz CT molecular complexity index is 781. The molecule has 2 aromatic carbocycles. The normalized spacial score (nSPS) is 10.1. The molecule has 0 saturated carbocycles. The summed E-state index contributed by atoms with van der Waals surface area (Å²) in [5, 5.41) is 11.5. The van der Waals surface area contributed by atoms with Crippen molar-refractivity contribution in [1.29, 1.82) is 0 Å². The van der Waals surface area contributed by atoms with Gasteiger partial charge in [-0.3, -0.25) is 9.59 Å². The molecule has 0 bridgehead atoms. The quantitative estimate of drug-likeness (QED) is 0.451. The SMILES string of the molecule is NC(N)=Nc1cccc(CC(=O)Nc2ccc(CCC(=O)O)cc2)c1. The summed E-state index contributed by atoms with van der Waals surface area (Å²) < 4.78 is 0. The van der Waals surface area contributed by atoms with Gasteiger partial charge in [0.25, 0.3) is 0 Å². The Balaban J connectivity index is 1.94. The van der Waals surface area contributed by atoms with Crippen molar-refractivity contribution < 1.29 is 14.7 Å². The number of aryl methyl sites for hydroxylation is 1. The number of rotatable bonds is 7. The van der Waals surface area contributed by atoms with E-state index in [0.717, 1.165) is 11.1 Å². The predicted molar refractivity (Wildman–Crippen MR) is 96.6 cm³/mol. The maximum absolute atomic E-state index is 12.1. The number of carboxylic acids is 1. The Morgan fingerprint density at radius 2 is 1.76 bits per heavy atom. The maximum Gasteiger partial charge on any atom is 0.303 e. The molecule has 0 radical (unpaired) electrons. The molecule has 0 spiro atoms. The van der Waals surface area contributed by atoms with Crippen molar-refractivity contribution in [3.05, 3.63) is 59.7 Å². The Kier molecular flexibility index (Phi) is 6.11. The van der Waals surface area contributed by atoms with Gasteiger partial charge in [0, 0.05) is 12.1 Å². The Morgan fingerprint density at radius 3 is 2.40 bits per heavy atom. The minimum absolute atomic E-state index is 0.0374. The fourth-order valence-electron chi connectivity index (χ4n) is 2.28. The van der Waals surface area contributed by atoms with Gasteiger partial charge in [-0.1, -0.05) is 24.3 Å². The van der Waals surface area contributed by atoms with Crippen LogP contribution < -0.4 is 16.8 Å². The number of hydrogen-bond acceptors (Lipinski definition) is 3. The summed E-state index contributed by atoms with van der Waals surface area (Å²) in [5.74, 6) is -1.04. The summed E-state index contributed by atoms with van der Waals surface area (Å²) in [6.07, 6.45) is 0.730. The van der Waals surface area contributed by atoms with Crippen molar-refractivity contribution in [2.45, 2.75) is 19.3 Å². The van der Waals surface area contributed by atoms with Gasteiger partial charge in [0.15, 0.2) is 5.96 Å². The van der Waals surface area contributed by atoms with Gasteiger partial charge < -0.3 is 21.9 Å². The van der Waals surface area contributed by atoms with E-state index >= 15 is 0 Å². The number of aliphatic carboxylic acids is 1. The molecule has 0 saturated heterocycles. The van der Waals surface area contributed by atoms with Crippen molar-refractivity contribution in [1.82, 2.24) is 0 Å². The molecule has 0 heterocycles. The average Bonchev–Trinajstić information content (AvgIpc) is 2.53. The molecule has 130 valence electrons. The molecule has 25 heavy (non-hydrogen) atoms. The number of hydrogen-bond donors (Lipinski definition) is 4. The van der Waals surface area contributed by atoms with Crippen molar-refractivity contribution in [2.24, 2.45) is 16.5 Å². The lowest BCUT2D eigenvalue weighted by Crippen LogP contribution is -2.21. The first-order valence-corrected chi connectivity index (χ1v) is 7.71. The highest BCUT2D eigenvalue weighted by molar-refractivity contribution is 5.92. The number of carbonyl (C=O) groups excluding carboxylic acids is 1. The lowest BCUT2D eigenvalue weighted by atomic mass is 10.1. The molecule has 1 amide bonds. The summed E-state index contributed by atoms with van der Waals surface area (Å²) in [6.45, 7) is 0. The summed E-state index contributed by atoms with van der Waals surface area (Å²) in [6, 6.07) is 14.2. The first-order valence-electron chi connectivity index (χ1n) is 7.71. The van der Waals surface area contributed by atoms with Crippen LogP contribution in [0, 0.1) is 0 Å². The van der Waals surface area contributed by atoms with E-state index in [2.05, 4.69) is 10.3 Å². The first kappa shape index (κ1) is 18.0. The molecule has 0 aromatic heterocycles. The van der Waals surface area contributed by atoms with E-state index in [9.17, 15) is 9.59 Å². The highest BCUT2D eigenvalue weighted by Crippen LogP contribution is 2.16. The van der Waals surface area contributed by atoms with Crippen LogP contribution in [-0.4, -0.2) is 22.9 Å². The largest absolute Gasteiger partial charge is 0.481 e. The smallest absolute Gasteiger partial charge is 0.303 e. The summed E-state index contributed by atoms with van der Waals surface area (Å²) in [5.41, 5.74) is 13.6. The van der Waals surface area contributed by atoms with Crippen molar-refractivity contribution in [2.75, 3.05) is 5.32 Å². The van der Waals surface area contributed by atoms with Crippen LogP contribution in [0.25, 0.3) is 0 Å². The van der Waals surface area contributed by atoms with Gasteiger partial charge in [-0.2, -0.15) is 0 Å². The number of guanidine groups is 1. The van der Waals surface area contributed by atoms with Crippen LogP contribution in [0.4, 0.5) is 11.4 Å². The number of nitrogens with one attached hydrogen (secondary N) is 1. The minimum Gasteiger partial charge on any atom is -0.481 e. The van der Waals surface area contributed by atoms with E-state index < -0.39 is 5.97 Å². The van der Waals surface area contributed by atoms with Crippen LogP contribution in [0.5, 0.6) is 0 Å². The minimum atomic E-state index is -0.833. The van der Waals surface area contributed by atoms with E-state index in [-0.39, 0.29) is 24.7 Å². The molecule has 2 aromatic rings. The Hall–Kier alpha value is -3.35. The molecule has 6 N–H and O–H groups in total. The standard InChI is InChI=1S/C18H20N4O3/c19-18(20)22-15-3-1-2-13(10-15)11-16(23)21-14-7-4-12(5-8-14)6-9-17(24)25/h1-5,7-8,10H,6,9,11H2,(H,21,23)(H,24,25)(H4,19,20,22). The average molecular weight is 340 g/mol. The van der Waals surface area contributed by atoms with Gasteiger partial charge in [0.1, 0.15) is 0 Å². The van der Waals surface area contributed by atoms with Gasteiger partial charge in [0.05, 0.1) is 12.1 Å². The number of anilines is 1. The molecule has 2 rings (SSSR count). The number of carboxylic acid groups (broad SMARTS) is 1. The molecule has 0 aliphatic carbocycles. The number of nitrogens with two attached hydrogens (primary N) is 2. The molecule has 7 nitrogen and oxygen atoms in total. The van der Waals surface area contributed by atoms with Gasteiger partial charge >= 0.3 is 5.97 Å². The fraction of sp³-hybridized carbons (Fsp3) is 0.167. The summed E-state index contributed by atoms with van der Waals surface area (Å²) >= 11 is 0.